The number of nitrogens with one attached hydrogen (secondary N) is 2. The fourth-order valence-corrected chi connectivity index (χ4v) is 4.72. The predicted molar refractivity (Wildman–Crippen MR) is 89.9 cm³/mol. The summed E-state index contributed by atoms with van der Waals surface area (Å²) in [4.78, 5) is 15.0. The quantitative estimate of drug-likeness (QED) is 0.863. The molecule has 1 fully saturated rings. The van der Waals surface area contributed by atoms with Crippen molar-refractivity contribution >= 4 is 22.2 Å². The molecule has 1 aliphatic carbocycles. The minimum absolute atomic E-state index is 0.0205. The maximum atomic E-state index is 12.2. The van der Waals surface area contributed by atoms with Crippen molar-refractivity contribution in [2.45, 2.75) is 32.6 Å². The molecule has 1 saturated heterocycles. The molecule has 1 amide bonds. The highest BCUT2D eigenvalue weighted by Crippen LogP contribution is 2.39. The largest absolute Gasteiger partial charge is 0.370 e. The second kappa shape index (κ2) is 7.43. The van der Waals surface area contributed by atoms with Gasteiger partial charge in [0.2, 0.25) is 5.91 Å². The van der Waals surface area contributed by atoms with Crippen LogP contribution in [0.4, 0.5) is 5.00 Å². The average molecular weight is 334 g/mol. The van der Waals surface area contributed by atoms with Crippen LogP contribution in [0, 0.1) is 17.2 Å². The number of nitriles is 1. The van der Waals surface area contributed by atoms with Gasteiger partial charge in [-0.15, -0.1) is 11.3 Å². The average Bonchev–Trinajstić information content (AvgIpc) is 2.89. The second-order valence-electron chi connectivity index (χ2n) is 6.58. The molecule has 0 aromatic carbocycles. The molecule has 6 heteroatoms. The molecule has 2 heterocycles. The molecule has 1 aliphatic heterocycles. The third kappa shape index (κ3) is 3.92. The minimum Gasteiger partial charge on any atom is -0.370 e. The first-order chi connectivity index (χ1) is 11.2. The van der Waals surface area contributed by atoms with Gasteiger partial charge in [-0.3, -0.25) is 4.79 Å². The van der Waals surface area contributed by atoms with Crippen LogP contribution in [-0.2, 0) is 22.4 Å². The van der Waals surface area contributed by atoms with Gasteiger partial charge in [-0.25, -0.2) is 0 Å². The second-order valence-corrected chi connectivity index (χ2v) is 7.68. The van der Waals surface area contributed by atoms with Crippen molar-refractivity contribution in [2.24, 2.45) is 5.92 Å². The van der Waals surface area contributed by atoms with Crippen molar-refractivity contribution in [1.29, 1.82) is 5.26 Å². The number of hydrogen-bond acceptors (Lipinski definition) is 4. The van der Waals surface area contributed by atoms with Crippen LogP contribution in [0.3, 0.4) is 0 Å². The lowest BCUT2D eigenvalue weighted by atomic mass is 9.89. The molecule has 0 bridgehead atoms. The Morgan fingerprint density at radius 1 is 1.48 bits per heavy atom. The Bertz CT molecular complexity index is 614. The van der Waals surface area contributed by atoms with E-state index in [4.69, 9.17) is 4.74 Å². The Morgan fingerprint density at radius 2 is 2.26 bits per heavy atom. The normalized spacial score (nSPS) is 21.5. The van der Waals surface area contributed by atoms with Crippen LogP contribution in [-0.4, -0.2) is 38.8 Å². The van der Waals surface area contributed by atoms with E-state index in [-0.39, 0.29) is 5.91 Å². The van der Waals surface area contributed by atoms with Crippen molar-refractivity contribution in [3.8, 4) is 6.07 Å². The lowest BCUT2D eigenvalue weighted by Crippen LogP contribution is -3.14. The van der Waals surface area contributed by atoms with Crippen LogP contribution in [0.5, 0.6) is 0 Å². The lowest BCUT2D eigenvalue weighted by molar-refractivity contribution is -0.907. The van der Waals surface area contributed by atoms with Crippen LogP contribution in [0.2, 0.25) is 0 Å². The summed E-state index contributed by atoms with van der Waals surface area (Å²) in [6.45, 7) is 6.60. The summed E-state index contributed by atoms with van der Waals surface area (Å²) in [5.41, 5.74) is 1.87. The van der Waals surface area contributed by atoms with Gasteiger partial charge in [0.15, 0.2) is 0 Å². The summed E-state index contributed by atoms with van der Waals surface area (Å²) < 4.78 is 5.33. The standard InChI is InChI=1S/C17H23N3O2S/c1-12-2-3-13-14(11-18)17(23-15(13)10-12)19-16(21)4-5-20-6-8-22-9-7-20/h12H,2-10H2,1H3,(H,19,21)/p+1/t12-/m1/s1. The van der Waals surface area contributed by atoms with E-state index in [0.29, 0.717) is 17.9 Å². The van der Waals surface area contributed by atoms with Gasteiger partial charge in [-0.2, -0.15) is 5.26 Å². The fraction of sp³-hybridized carbons (Fsp3) is 0.647. The number of amides is 1. The summed E-state index contributed by atoms with van der Waals surface area (Å²) in [6.07, 6.45) is 3.62. The number of fused-ring (bicyclic) bond motifs is 1. The Balaban J connectivity index is 1.61. The molecule has 124 valence electrons. The molecule has 0 spiro atoms. The van der Waals surface area contributed by atoms with Gasteiger partial charge < -0.3 is 15.0 Å². The highest BCUT2D eigenvalue weighted by atomic mass is 32.1. The van der Waals surface area contributed by atoms with Gasteiger partial charge in [0, 0.05) is 4.88 Å². The molecule has 2 aliphatic rings. The zero-order chi connectivity index (χ0) is 16.2. The summed E-state index contributed by atoms with van der Waals surface area (Å²) in [5, 5.41) is 13.2. The topological polar surface area (TPSA) is 66.6 Å². The van der Waals surface area contributed by atoms with Crippen molar-refractivity contribution in [3.63, 3.8) is 0 Å². The van der Waals surface area contributed by atoms with Crippen LogP contribution in [0.15, 0.2) is 0 Å². The summed E-state index contributed by atoms with van der Waals surface area (Å²) in [7, 11) is 0. The van der Waals surface area contributed by atoms with E-state index in [0.717, 1.165) is 57.1 Å². The fourth-order valence-electron chi connectivity index (χ4n) is 3.35. The zero-order valence-electron chi connectivity index (χ0n) is 13.6. The molecule has 2 N–H and O–H groups in total. The summed E-state index contributed by atoms with van der Waals surface area (Å²) >= 11 is 1.60. The van der Waals surface area contributed by atoms with E-state index in [1.54, 1.807) is 11.3 Å². The van der Waals surface area contributed by atoms with Crippen LogP contribution < -0.4 is 10.2 Å². The number of rotatable bonds is 4. The number of thiophene rings is 1. The number of carbonyl (C=O) groups excluding carboxylic acids is 1. The molecular formula is C17H24N3O2S+. The number of carbonyl (C=O) groups is 1. The van der Waals surface area contributed by atoms with Crippen molar-refractivity contribution < 1.29 is 14.4 Å². The predicted octanol–water partition coefficient (Wildman–Crippen LogP) is 0.988. The Morgan fingerprint density at radius 3 is 3.00 bits per heavy atom. The third-order valence-corrected chi connectivity index (χ3v) is 5.95. The maximum Gasteiger partial charge on any atom is 0.230 e. The molecule has 0 unspecified atom stereocenters. The number of nitrogens with zero attached hydrogens (tertiary/aromatic N) is 1. The molecule has 1 atom stereocenters. The van der Waals surface area contributed by atoms with Crippen molar-refractivity contribution in [1.82, 2.24) is 0 Å². The van der Waals surface area contributed by atoms with E-state index < -0.39 is 0 Å². The molecule has 1 aromatic rings. The number of ether oxygens (including phenoxy) is 1. The van der Waals surface area contributed by atoms with Gasteiger partial charge in [0.05, 0.1) is 31.7 Å². The lowest BCUT2D eigenvalue weighted by Gasteiger charge is -2.23. The number of morpholine rings is 1. The van der Waals surface area contributed by atoms with Crippen molar-refractivity contribution in [3.05, 3.63) is 16.0 Å². The first-order valence-electron chi connectivity index (χ1n) is 8.43. The van der Waals surface area contributed by atoms with Crippen LogP contribution >= 0.6 is 11.3 Å². The molecular weight excluding hydrogens is 310 g/mol. The smallest absolute Gasteiger partial charge is 0.230 e. The molecule has 3 rings (SSSR count). The summed E-state index contributed by atoms with van der Waals surface area (Å²) in [5.74, 6) is 0.688. The van der Waals surface area contributed by atoms with Crippen molar-refractivity contribution in [2.75, 3.05) is 38.2 Å². The summed E-state index contributed by atoms with van der Waals surface area (Å²) in [6, 6.07) is 2.30. The van der Waals surface area contributed by atoms with Gasteiger partial charge in [-0.1, -0.05) is 6.92 Å². The zero-order valence-corrected chi connectivity index (χ0v) is 14.4. The van der Waals surface area contributed by atoms with E-state index in [1.807, 2.05) is 0 Å². The number of quaternary nitrogens is 1. The Hall–Kier alpha value is -1.42. The molecule has 0 radical (unpaired) electrons. The van der Waals surface area contributed by atoms with E-state index in [9.17, 15) is 10.1 Å². The van der Waals surface area contributed by atoms with Gasteiger partial charge in [0.25, 0.3) is 0 Å². The maximum absolute atomic E-state index is 12.2. The van der Waals surface area contributed by atoms with Crippen LogP contribution in [0.1, 0.15) is 35.8 Å². The SMILES string of the molecule is C[C@@H]1CCc2c(sc(NC(=O)CC[NH+]3CCOCC3)c2C#N)C1. The van der Waals surface area contributed by atoms with Gasteiger partial charge in [-0.05, 0) is 30.7 Å². The molecule has 1 aromatic heterocycles. The Kier molecular flexibility index (Phi) is 5.31. The monoisotopic (exact) mass is 334 g/mol. The van der Waals surface area contributed by atoms with E-state index >= 15 is 0 Å². The van der Waals surface area contributed by atoms with E-state index in [1.165, 1.54) is 15.3 Å². The minimum atomic E-state index is 0.0205. The van der Waals surface area contributed by atoms with Gasteiger partial charge >= 0.3 is 0 Å². The Labute approximate surface area is 141 Å². The number of anilines is 1. The van der Waals surface area contributed by atoms with Crippen LogP contribution in [0.25, 0.3) is 0 Å². The highest BCUT2D eigenvalue weighted by Gasteiger charge is 2.25. The first-order valence-corrected chi connectivity index (χ1v) is 9.24. The first kappa shape index (κ1) is 16.4. The molecule has 5 nitrogen and oxygen atoms in total. The highest BCUT2D eigenvalue weighted by molar-refractivity contribution is 7.16. The third-order valence-electron chi connectivity index (χ3n) is 4.78. The van der Waals surface area contributed by atoms with E-state index in [2.05, 4.69) is 18.3 Å². The van der Waals surface area contributed by atoms with Gasteiger partial charge in [0.1, 0.15) is 24.2 Å². The molecule has 0 saturated carbocycles. The molecule has 23 heavy (non-hydrogen) atoms. The number of hydrogen-bond donors (Lipinski definition) is 2.